The Morgan fingerprint density at radius 3 is 2.60 bits per heavy atom. The highest BCUT2D eigenvalue weighted by molar-refractivity contribution is 5.94. The van der Waals surface area contributed by atoms with Crippen LogP contribution in [0.2, 0.25) is 0 Å². The minimum absolute atomic E-state index is 0.0707. The number of nitrogens with one attached hydrogen (secondary N) is 2. The molecule has 0 spiro atoms. The predicted molar refractivity (Wildman–Crippen MR) is 116 cm³/mol. The highest BCUT2D eigenvalue weighted by atomic mass is 16.3. The van der Waals surface area contributed by atoms with Crippen LogP contribution in [0.25, 0.3) is 11.0 Å². The van der Waals surface area contributed by atoms with Crippen LogP contribution in [-0.4, -0.2) is 63.3 Å². The fourth-order valence-electron chi connectivity index (χ4n) is 3.12. The van der Waals surface area contributed by atoms with Gasteiger partial charge in [0.1, 0.15) is 11.3 Å². The van der Waals surface area contributed by atoms with Gasteiger partial charge in [-0.15, -0.1) is 0 Å². The molecule has 0 saturated carbocycles. The molecule has 0 bridgehead atoms. The Morgan fingerprint density at radius 2 is 1.90 bits per heavy atom. The summed E-state index contributed by atoms with van der Waals surface area (Å²) in [6, 6.07) is 10.2. The molecule has 30 heavy (non-hydrogen) atoms. The molecule has 1 atom stereocenters. The third kappa shape index (κ3) is 5.17. The second kappa shape index (κ2) is 9.92. The van der Waals surface area contributed by atoms with Crippen molar-refractivity contribution in [2.75, 3.05) is 26.2 Å². The van der Waals surface area contributed by atoms with Crippen LogP contribution in [0.15, 0.2) is 42.7 Å². The molecule has 0 aliphatic rings. The van der Waals surface area contributed by atoms with Gasteiger partial charge < -0.3 is 25.4 Å². The number of carbonyl (C=O) groups excluding carboxylic acids is 1. The number of carbonyl (C=O) groups is 1. The lowest BCUT2D eigenvalue weighted by atomic mass is 10.1. The maximum atomic E-state index is 12.3. The number of benzene rings is 2. The standard InChI is InChI=1S/C23H26N4O3/c1-3-27(4-2)14-18(28)13-24-23(30)17-8-5-16(6-9-17)7-10-19-21(29)12-11-20-22(19)26-15-25-20/h5-6,8-9,11-12,15,18,28-29H,3-4,13-14H2,1-2H3,(H,24,30)(H,25,26). The van der Waals surface area contributed by atoms with Crippen LogP contribution in [0.5, 0.6) is 5.75 Å². The maximum absolute atomic E-state index is 12.3. The molecule has 0 aliphatic heterocycles. The van der Waals surface area contributed by atoms with Gasteiger partial charge in [0.05, 0.1) is 23.5 Å². The number of amides is 1. The summed E-state index contributed by atoms with van der Waals surface area (Å²) in [5.41, 5.74) is 3.07. The first-order valence-electron chi connectivity index (χ1n) is 9.97. The third-order valence-electron chi connectivity index (χ3n) is 4.91. The first-order chi connectivity index (χ1) is 14.5. The van der Waals surface area contributed by atoms with E-state index in [1.54, 1.807) is 42.7 Å². The summed E-state index contributed by atoms with van der Waals surface area (Å²) in [5.74, 6) is 5.78. The maximum Gasteiger partial charge on any atom is 0.251 e. The van der Waals surface area contributed by atoms with E-state index in [1.165, 1.54) is 0 Å². The van der Waals surface area contributed by atoms with Gasteiger partial charge >= 0.3 is 0 Å². The Morgan fingerprint density at radius 1 is 1.17 bits per heavy atom. The lowest BCUT2D eigenvalue weighted by Crippen LogP contribution is -2.40. The highest BCUT2D eigenvalue weighted by Crippen LogP contribution is 2.23. The molecule has 7 heteroatoms. The van der Waals surface area contributed by atoms with Gasteiger partial charge in [0.2, 0.25) is 0 Å². The van der Waals surface area contributed by atoms with Gasteiger partial charge in [-0.1, -0.05) is 25.7 Å². The van der Waals surface area contributed by atoms with Gasteiger partial charge in [-0.2, -0.15) is 0 Å². The number of fused-ring (bicyclic) bond motifs is 1. The van der Waals surface area contributed by atoms with Crippen LogP contribution in [0.3, 0.4) is 0 Å². The van der Waals surface area contributed by atoms with E-state index in [2.05, 4.69) is 32.0 Å². The summed E-state index contributed by atoms with van der Waals surface area (Å²) in [4.78, 5) is 21.6. The molecule has 1 amide bonds. The number of hydrogen-bond donors (Lipinski definition) is 4. The average molecular weight is 406 g/mol. The van der Waals surface area contributed by atoms with E-state index in [0.717, 1.165) is 18.6 Å². The Kier molecular flexibility index (Phi) is 7.07. The van der Waals surface area contributed by atoms with Crippen molar-refractivity contribution >= 4 is 16.9 Å². The summed E-state index contributed by atoms with van der Waals surface area (Å²) in [5, 5.41) is 22.9. The monoisotopic (exact) mass is 406 g/mol. The molecule has 1 unspecified atom stereocenters. The number of H-pyrrole nitrogens is 1. The first kappa shape index (κ1) is 21.4. The first-order valence-corrected chi connectivity index (χ1v) is 9.97. The Balaban J connectivity index is 1.63. The van der Waals surface area contributed by atoms with E-state index in [4.69, 9.17) is 0 Å². The molecule has 0 aliphatic carbocycles. The minimum atomic E-state index is -0.614. The molecule has 156 valence electrons. The molecule has 4 N–H and O–H groups in total. The van der Waals surface area contributed by atoms with Gasteiger partial charge in [0.25, 0.3) is 5.91 Å². The van der Waals surface area contributed by atoms with Crippen molar-refractivity contribution in [3.63, 3.8) is 0 Å². The fourth-order valence-corrected chi connectivity index (χ4v) is 3.12. The Hall–Kier alpha value is -3.34. The van der Waals surface area contributed by atoms with Crippen molar-refractivity contribution in [1.29, 1.82) is 0 Å². The van der Waals surface area contributed by atoms with Crippen molar-refractivity contribution in [2.45, 2.75) is 20.0 Å². The number of rotatable bonds is 7. The van der Waals surface area contributed by atoms with Crippen molar-refractivity contribution in [3.05, 3.63) is 59.4 Å². The van der Waals surface area contributed by atoms with Gasteiger partial charge in [0, 0.05) is 24.2 Å². The number of aliphatic hydroxyl groups excluding tert-OH is 1. The number of aromatic amines is 1. The van der Waals surface area contributed by atoms with Gasteiger partial charge in [-0.25, -0.2) is 4.98 Å². The minimum Gasteiger partial charge on any atom is -0.507 e. The van der Waals surface area contributed by atoms with Crippen LogP contribution in [-0.2, 0) is 0 Å². The molecule has 0 fully saturated rings. The molecular formula is C23H26N4O3. The summed E-state index contributed by atoms with van der Waals surface area (Å²) in [6.07, 6.45) is 0.943. The summed E-state index contributed by atoms with van der Waals surface area (Å²) < 4.78 is 0. The largest absolute Gasteiger partial charge is 0.507 e. The van der Waals surface area contributed by atoms with Crippen LogP contribution >= 0.6 is 0 Å². The van der Waals surface area contributed by atoms with Gasteiger partial charge in [0.15, 0.2) is 0 Å². The summed E-state index contributed by atoms with van der Waals surface area (Å²) >= 11 is 0. The summed E-state index contributed by atoms with van der Waals surface area (Å²) in [6.45, 7) is 6.51. The van der Waals surface area contributed by atoms with Crippen molar-refractivity contribution < 1.29 is 15.0 Å². The zero-order valence-corrected chi connectivity index (χ0v) is 17.1. The topological polar surface area (TPSA) is 101 Å². The molecule has 1 heterocycles. The van der Waals surface area contributed by atoms with Crippen LogP contribution in [0.1, 0.15) is 35.3 Å². The highest BCUT2D eigenvalue weighted by Gasteiger charge is 2.12. The average Bonchev–Trinajstić information content (AvgIpc) is 3.24. The van der Waals surface area contributed by atoms with Crippen LogP contribution < -0.4 is 5.32 Å². The number of imidazole rings is 1. The van der Waals surface area contributed by atoms with Crippen molar-refractivity contribution in [2.24, 2.45) is 0 Å². The van der Waals surface area contributed by atoms with Gasteiger partial charge in [-0.05, 0) is 49.5 Å². The zero-order valence-electron chi connectivity index (χ0n) is 17.1. The molecule has 0 saturated heterocycles. The lowest BCUT2D eigenvalue weighted by molar-refractivity contribution is 0.0869. The number of hydrogen-bond acceptors (Lipinski definition) is 5. The van der Waals surface area contributed by atoms with Crippen molar-refractivity contribution in [3.8, 4) is 17.6 Å². The molecule has 3 rings (SSSR count). The smallest absolute Gasteiger partial charge is 0.251 e. The number of aliphatic hydroxyl groups is 1. The second-order valence-electron chi connectivity index (χ2n) is 6.94. The molecule has 2 aromatic carbocycles. The predicted octanol–water partition coefficient (Wildman–Crippen LogP) is 2.10. The Labute approximate surface area is 175 Å². The van der Waals surface area contributed by atoms with E-state index < -0.39 is 6.10 Å². The molecule has 1 aromatic heterocycles. The number of likely N-dealkylation sites (N-methyl/N-ethyl adjacent to an activating group) is 1. The van der Waals surface area contributed by atoms with Crippen molar-refractivity contribution in [1.82, 2.24) is 20.2 Å². The fraction of sp³-hybridized carbons (Fsp3) is 0.304. The quantitative estimate of drug-likeness (QED) is 0.450. The van der Waals surface area contributed by atoms with Crippen LogP contribution in [0.4, 0.5) is 0 Å². The normalized spacial score (nSPS) is 11.9. The number of phenolic OH excluding ortho intramolecular Hbond substituents is 1. The van der Waals surface area contributed by atoms with Gasteiger partial charge in [-0.3, -0.25) is 4.79 Å². The molecule has 3 aromatic rings. The number of aromatic hydroxyl groups is 1. The molecular weight excluding hydrogens is 380 g/mol. The van der Waals surface area contributed by atoms with Crippen LogP contribution in [0, 0.1) is 11.8 Å². The zero-order chi connectivity index (χ0) is 21.5. The second-order valence-corrected chi connectivity index (χ2v) is 6.94. The number of phenols is 1. The van der Waals surface area contributed by atoms with E-state index >= 15 is 0 Å². The Bertz CT molecular complexity index is 1060. The number of nitrogens with zero attached hydrogens (tertiary/aromatic N) is 2. The lowest BCUT2D eigenvalue weighted by Gasteiger charge is -2.22. The summed E-state index contributed by atoms with van der Waals surface area (Å²) in [7, 11) is 0. The third-order valence-corrected chi connectivity index (χ3v) is 4.91. The number of aromatic nitrogens is 2. The van der Waals surface area contributed by atoms with E-state index in [1.807, 2.05) is 13.8 Å². The van der Waals surface area contributed by atoms with E-state index in [0.29, 0.717) is 28.8 Å². The molecule has 0 radical (unpaired) electrons. The van der Waals surface area contributed by atoms with E-state index in [9.17, 15) is 15.0 Å². The van der Waals surface area contributed by atoms with E-state index in [-0.39, 0.29) is 18.2 Å². The SMILES string of the molecule is CCN(CC)CC(O)CNC(=O)c1ccc(C#Cc2c(O)ccc3[nH]cnc23)cc1. The molecule has 7 nitrogen and oxygen atoms in total.